The molecule has 1 fully saturated rings. The van der Waals surface area contributed by atoms with Gasteiger partial charge in [-0.15, -0.1) is 0 Å². The first-order valence-electron chi connectivity index (χ1n) is 10.1. The van der Waals surface area contributed by atoms with Crippen LogP contribution in [0.4, 0.5) is 5.82 Å². The molecule has 4 rings (SSSR count). The van der Waals surface area contributed by atoms with Crippen LogP contribution in [0.15, 0.2) is 24.4 Å². The standard InChI is InChI=1S/C20H28N6O2S/c1-15-17-9-6-12-25(14-16-8-4-5-11-21-16)20(17)23-19(22-15)18-10-7-13-26(18)29(27,28)24(2)3/h4-5,8,11,18H,6-7,9-10,12-14H2,1-3H3/t18-/m1/s1. The van der Waals surface area contributed by atoms with Gasteiger partial charge in [-0.25, -0.2) is 9.97 Å². The van der Waals surface area contributed by atoms with Crippen molar-refractivity contribution < 1.29 is 8.42 Å². The number of pyridine rings is 1. The van der Waals surface area contributed by atoms with Crippen LogP contribution < -0.4 is 4.90 Å². The lowest BCUT2D eigenvalue weighted by atomic mass is 10.0. The van der Waals surface area contributed by atoms with Crippen molar-refractivity contribution in [1.29, 1.82) is 0 Å². The molecule has 0 radical (unpaired) electrons. The maximum atomic E-state index is 12.8. The second-order valence-corrected chi connectivity index (χ2v) is 9.97. The lowest BCUT2D eigenvalue weighted by Gasteiger charge is -2.32. The second kappa shape index (κ2) is 7.97. The number of rotatable bonds is 5. The van der Waals surface area contributed by atoms with Gasteiger partial charge in [-0.3, -0.25) is 4.98 Å². The lowest BCUT2D eigenvalue weighted by Crippen LogP contribution is -2.40. The van der Waals surface area contributed by atoms with Crippen molar-refractivity contribution in [3.05, 3.63) is 47.2 Å². The minimum atomic E-state index is -3.51. The van der Waals surface area contributed by atoms with Crippen LogP contribution >= 0.6 is 0 Å². The molecule has 2 aromatic rings. The molecule has 2 aromatic heterocycles. The summed E-state index contributed by atoms with van der Waals surface area (Å²) in [6.45, 7) is 4.11. The van der Waals surface area contributed by atoms with Crippen LogP contribution in [0.3, 0.4) is 0 Å². The highest BCUT2D eigenvalue weighted by molar-refractivity contribution is 7.86. The number of anilines is 1. The maximum absolute atomic E-state index is 12.8. The van der Waals surface area contributed by atoms with E-state index in [-0.39, 0.29) is 6.04 Å². The topological polar surface area (TPSA) is 82.5 Å². The van der Waals surface area contributed by atoms with Gasteiger partial charge in [0.05, 0.1) is 18.3 Å². The molecule has 0 aromatic carbocycles. The highest BCUT2D eigenvalue weighted by Crippen LogP contribution is 2.36. The summed E-state index contributed by atoms with van der Waals surface area (Å²) in [5.41, 5.74) is 3.11. The van der Waals surface area contributed by atoms with Gasteiger partial charge in [0.1, 0.15) is 11.6 Å². The Bertz CT molecular complexity index is 980. The predicted molar refractivity (Wildman–Crippen MR) is 112 cm³/mol. The van der Waals surface area contributed by atoms with Gasteiger partial charge in [0, 0.05) is 44.6 Å². The predicted octanol–water partition coefficient (Wildman–Crippen LogP) is 2.08. The number of nitrogens with zero attached hydrogens (tertiary/aromatic N) is 6. The Hall–Kier alpha value is -2.10. The van der Waals surface area contributed by atoms with E-state index < -0.39 is 10.2 Å². The summed E-state index contributed by atoms with van der Waals surface area (Å²) in [6.07, 6.45) is 5.36. The van der Waals surface area contributed by atoms with Crippen molar-refractivity contribution in [2.45, 2.75) is 45.2 Å². The molecule has 0 unspecified atom stereocenters. The van der Waals surface area contributed by atoms with E-state index in [0.29, 0.717) is 18.9 Å². The molecule has 9 heteroatoms. The zero-order valence-electron chi connectivity index (χ0n) is 17.2. The van der Waals surface area contributed by atoms with E-state index in [4.69, 9.17) is 9.97 Å². The number of aryl methyl sites for hydroxylation is 1. The van der Waals surface area contributed by atoms with Gasteiger partial charge in [0.25, 0.3) is 10.2 Å². The fourth-order valence-electron chi connectivity index (χ4n) is 4.18. The average molecular weight is 417 g/mol. The Morgan fingerprint density at radius 1 is 1.17 bits per heavy atom. The summed E-state index contributed by atoms with van der Waals surface area (Å²) in [5.74, 6) is 1.54. The van der Waals surface area contributed by atoms with Gasteiger partial charge < -0.3 is 4.90 Å². The van der Waals surface area contributed by atoms with Crippen molar-refractivity contribution in [1.82, 2.24) is 23.6 Å². The SMILES string of the molecule is Cc1nc([C@H]2CCCN2S(=O)(=O)N(C)C)nc2c1CCCN2Cc1ccccn1. The van der Waals surface area contributed by atoms with E-state index in [9.17, 15) is 8.42 Å². The third kappa shape index (κ3) is 3.86. The lowest BCUT2D eigenvalue weighted by molar-refractivity contribution is 0.352. The molecule has 2 aliphatic heterocycles. The summed E-state index contributed by atoms with van der Waals surface area (Å²) >= 11 is 0. The minimum absolute atomic E-state index is 0.315. The van der Waals surface area contributed by atoms with Gasteiger partial charge in [-0.1, -0.05) is 6.07 Å². The first kappa shape index (κ1) is 20.2. The molecule has 156 valence electrons. The summed E-state index contributed by atoms with van der Waals surface area (Å²) < 4.78 is 28.4. The molecular formula is C20H28N6O2S. The van der Waals surface area contributed by atoms with E-state index >= 15 is 0 Å². The van der Waals surface area contributed by atoms with Gasteiger partial charge >= 0.3 is 0 Å². The van der Waals surface area contributed by atoms with Crippen molar-refractivity contribution in [2.24, 2.45) is 0 Å². The zero-order chi connectivity index (χ0) is 20.6. The Kier molecular flexibility index (Phi) is 5.54. The molecular weight excluding hydrogens is 388 g/mol. The zero-order valence-corrected chi connectivity index (χ0v) is 18.1. The Labute approximate surface area is 172 Å². The van der Waals surface area contributed by atoms with Crippen molar-refractivity contribution >= 4 is 16.0 Å². The Balaban J connectivity index is 1.70. The Morgan fingerprint density at radius 3 is 2.72 bits per heavy atom. The molecule has 0 N–H and O–H groups in total. The normalized spacial score (nSPS) is 20.3. The molecule has 29 heavy (non-hydrogen) atoms. The first-order valence-corrected chi connectivity index (χ1v) is 11.5. The number of hydrogen-bond donors (Lipinski definition) is 0. The largest absolute Gasteiger partial charge is 0.350 e. The van der Waals surface area contributed by atoms with Crippen LogP contribution in [-0.4, -0.2) is 59.2 Å². The number of fused-ring (bicyclic) bond motifs is 1. The molecule has 0 amide bonds. The molecule has 1 atom stereocenters. The molecule has 0 spiro atoms. The summed E-state index contributed by atoms with van der Waals surface area (Å²) in [6, 6.07) is 5.61. The summed E-state index contributed by atoms with van der Waals surface area (Å²) in [5, 5.41) is 0. The fraction of sp³-hybridized carbons (Fsp3) is 0.550. The van der Waals surface area contributed by atoms with Crippen LogP contribution in [0.5, 0.6) is 0 Å². The van der Waals surface area contributed by atoms with Crippen LogP contribution in [-0.2, 0) is 23.2 Å². The van der Waals surface area contributed by atoms with Gasteiger partial charge in [0.2, 0.25) is 0 Å². The molecule has 2 aliphatic rings. The first-order chi connectivity index (χ1) is 13.9. The molecule has 1 saturated heterocycles. The Morgan fingerprint density at radius 2 is 2.00 bits per heavy atom. The molecule has 0 saturated carbocycles. The minimum Gasteiger partial charge on any atom is -0.350 e. The fourth-order valence-corrected chi connectivity index (χ4v) is 5.48. The quantitative estimate of drug-likeness (QED) is 0.742. The van der Waals surface area contributed by atoms with E-state index in [1.807, 2.05) is 25.1 Å². The van der Waals surface area contributed by atoms with Gasteiger partial charge in [-0.05, 0) is 44.7 Å². The number of aromatic nitrogens is 3. The molecule has 0 bridgehead atoms. The van der Waals surface area contributed by atoms with Crippen molar-refractivity contribution in [2.75, 3.05) is 32.1 Å². The van der Waals surface area contributed by atoms with Crippen LogP contribution in [0, 0.1) is 6.92 Å². The van der Waals surface area contributed by atoms with E-state index in [1.54, 1.807) is 24.6 Å². The molecule has 8 nitrogen and oxygen atoms in total. The third-order valence-corrected chi connectivity index (χ3v) is 7.65. The highest BCUT2D eigenvalue weighted by atomic mass is 32.2. The maximum Gasteiger partial charge on any atom is 0.282 e. The summed E-state index contributed by atoms with van der Waals surface area (Å²) in [7, 11) is -0.372. The van der Waals surface area contributed by atoms with Crippen LogP contribution in [0.25, 0.3) is 0 Å². The van der Waals surface area contributed by atoms with E-state index in [0.717, 1.165) is 55.0 Å². The monoisotopic (exact) mass is 416 g/mol. The summed E-state index contributed by atoms with van der Waals surface area (Å²) in [4.78, 5) is 16.4. The van der Waals surface area contributed by atoms with E-state index in [2.05, 4.69) is 9.88 Å². The molecule has 4 heterocycles. The smallest absolute Gasteiger partial charge is 0.282 e. The van der Waals surface area contributed by atoms with Gasteiger partial charge in [0.15, 0.2) is 0 Å². The average Bonchev–Trinajstić information content (AvgIpc) is 3.20. The van der Waals surface area contributed by atoms with E-state index in [1.165, 1.54) is 4.31 Å². The van der Waals surface area contributed by atoms with Crippen LogP contribution in [0.1, 0.15) is 48.1 Å². The third-order valence-electron chi connectivity index (χ3n) is 5.70. The second-order valence-electron chi connectivity index (χ2n) is 7.87. The van der Waals surface area contributed by atoms with Gasteiger partial charge in [-0.2, -0.15) is 17.0 Å². The van der Waals surface area contributed by atoms with Crippen molar-refractivity contribution in [3.8, 4) is 0 Å². The van der Waals surface area contributed by atoms with Crippen LogP contribution in [0.2, 0.25) is 0 Å². The number of hydrogen-bond acceptors (Lipinski definition) is 6. The van der Waals surface area contributed by atoms with Crippen molar-refractivity contribution in [3.63, 3.8) is 0 Å². The molecule has 0 aliphatic carbocycles. The highest BCUT2D eigenvalue weighted by Gasteiger charge is 2.39.